The summed E-state index contributed by atoms with van der Waals surface area (Å²) >= 11 is 0. The number of nitrogens with zero attached hydrogens (tertiary/aromatic N) is 2. The van der Waals surface area contributed by atoms with E-state index in [9.17, 15) is 18.0 Å². The van der Waals surface area contributed by atoms with Crippen LogP contribution in [0.25, 0.3) is 10.9 Å². The van der Waals surface area contributed by atoms with Gasteiger partial charge in [0, 0.05) is 31.2 Å². The van der Waals surface area contributed by atoms with Gasteiger partial charge in [0.25, 0.3) is 5.91 Å². The standard InChI is InChI=1S/C31H31N3O6S/c1-3-33-19-26(31(36)32-20(2)22-8-11-28-29(16-22)40-15-14-39-28)30(35)25-17-24(9-10-27(25)33)41(37,38)34-13-12-21-6-4-5-7-23(21)18-34/h4-11,16-17,19-20H,3,12-15,18H2,1-2H3,(H,32,36)/t20-/m0/s1. The second-order valence-electron chi connectivity index (χ2n) is 10.3. The topological polar surface area (TPSA) is 107 Å². The Morgan fingerprint density at radius 1 is 1.00 bits per heavy atom. The number of pyridine rings is 1. The van der Waals surface area contributed by atoms with E-state index in [0.717, 1.165) is 16.7 Å². The lowest BCUT2D eigenvalue weighted by Crippen LogP contribution is -2.36. The van der Waals surface area contributed by atoms with Crippen LogP contribution in [0.2, 0.25) is 0 Å². The van der Waals surface area contributed by atoms with Crippen LogP contribution < -0.4 is 20.2 Å². The first-order valence-corrected chi connectivity index (χ1v) is 15.1. The molecule has 4 aromatic rings. The van der Waals surface area contributed by atoms with Crippen molar-refractivity contribution in [3.8, 4) is 11.5 Å². The van der Waals surface area contributed by atoms with Crippen LogP contribution in [-0.4, -0.2) is 43.0 Å². The number of amides is 1. The molecule has 3 heterocycles. The fourth-order valence-electron chi connectivity index (χ4n) is 5.47. The molecule has 1 aromatic heterocycles. The molecule has 0 saturated heterocycles. The van der Waals surface area contributed by atoms with Gasteiger partial charge in [-0.05, 0) is 67.3 Å². The van der Waals surface area contributed by atoms with Gasteiger partial charge in [-0.3, -0.25) is 9.59 Å². The Labute approximate surface area is 238 Å². The van der Waals surface area contributed by atoms with E-state index < -0.39 is 27.4 Å². The van der Waals surface area contributed by atoms with Gasteiger partial charge in [0.1, 0.15) is 18.8 Å². The number of aromatic nitrogens is 1. The van der Waals surface area contributed by atoms with Gasteiger partial charge in [-0.2, -0.15) is 4.31 Å². The Balaban J connectivity index is 1.32. The van der Waals surface area contributed by atoms with Crippen molar-refractivity contribution in [2.75, 3.05) is 19.8 Å². The summed E-state index contributed by atoms with van der Waals surface area (Å²) in [5.41, 5.74) is 2.92. The molecule has 3 aromatic carbocycles. The van der Waals surface area contributed by atoms with Gasteiger partial charge < -0.3 is 19.4 Å². The van der Waals surface area contributed by atoms with Crippen molar-refractivity contribution >= 4 is 26.8 Å². The third kappa shape index (κ3) is 4.98. The normalized spacial score (nSPS) is 15.8. The van der Waals surface area contributed by atoms with Crippen LogP contribution in [-0.2, 0) is 29.5 Å². The van der Waals surface area contributed by atoms with Gasteiger partial charge in [0.05, 0.1) is 16.5 Å². The zero-order chi connectivity index (χ0) is 28.7. The molecule has 0 unspecified atom stereocenters. The monoisotopic (exact) mass is 573 g/mol. The number of hydrogen-bond acceptors (Lipinski definition) is 6. The Morgan fingerprint density at radius 3 is 2.54 bits per heavy atom. The van der Waals surface area contributed by atoms with Crippen molar-refractivity contribution in [3.05, 3.63) is 99.3 Å². The van der Waals surface area contributed by atoms with Gasteiger partial charge >= 0.3 is 0 Å². The maximum Gasteiger partial charge on any atom is 0.257 e. The summed E-state index contributed by atoms with van der Waals surface area (Å²) in [5.74, 6) is 0.723. The molecule has 9 nitrogen and oxygen atoms in total. The number of fused-ring (bicyclic) bond motifs is 3. The number of aryl methyl sites for hydroxylation is 1. The molecule has 0 bridgehead atoms. The molecule has 1 N–H and O–H groups in total. The van der Waals surface area contributed by atoms with E-state index in [1.807, 2.05) is 50.2 Å². The fraction of sp³-hybridized carbons (Fsp3) is 0.290. The summed E-state index contributed by atoms with van der Waals surface area (Å²) in [6.45, 7) is 5.78. The van der Waals surface area contributed by atoms with E-state index in [0.29, 0.717) is 49.7 Å². The molecule has 0 radical (unpaired) electrons. The molecule has 2 aliphatic heterocycles. The van der Waals surface area contributed by atoms with Gasteiger partial charge in [0.2, 0.25) is 15.5 Å². The summed E-state index contributed by atoms with van der Waals surface area (Å²) in [7, 11) is -3.87. The largest absolute Gasteiger partial charge is 0.486 e. The van der Waals surface area contributed by atoms with Crippen molar-refractivity contribution in [2.24, 2.45) is 0 Å². The molecule has 6 rings (SSSR count). The number of carbonyl (C=O) groups is 1. The summed E-state index contributed by atoms with van der Waals surface area (Å²) in [6, 6.07) is 17.4. The van der Waals surface area contributed by atoms with E-state index in [2.05, 4.69) is 5.32 Å². The summed E-state index contributed by atoms with van der Waals surface area (Å²) < 4.78 is 41.8. The average Bonchev–Trinajstić information content (AvgIpc) is 3.00. The summed E-state index contributed by atoms with van der Waals surface area (Å²) in [6.07, 6.45) is 2.16. The van der Waals surface area contributed by atoms with Crippen LogP contribution in [0, 0.1) is 0 Å². The molecule has 0 fully saturated rings. The van der Waals surface area contributed by atoms with Gasteiger partial charge in [0.15, 0.2) is 11.5 Å². The third-order valence-corrected chi connectivity index (χ3v) is 9.63. The summed E-state index contributed by atoms with van der Waals surface area (Å²) in [5, 5.41) is 3.09. The molecular formula is C31H31N3O6S. The van der Waals surface area contributed by atoms with Crippen LogP contribution >= 0.6 is 0 Å². The highest BCUT2D eigenvalue weighted by Gasteiger charge is 2.29. The summed E-state index contributed by atoms with van der Waals surface area (Å²) in [4.78, 5) is 27.1. The van der Waals surface area contributed by atoms with Crippen LogP contribution in [0.15, 0.2) is 76.6 Å². The first kappa shape index (κ1) is 27.0. The highest BCUT2D eigenvalue weighted by Crippen LogP contribution is 2.33. The molecule has 1 atom stereocenters. The van der Waals surface area contributed by atoms with Crippen molar-refractivity contribution in [2.45, 2.75) is 44.3 Å². The Morgan fingerprint density at radius 2 is 1.76 bits per heavy atom. The fourth-order valence-corrected chi connectivity index (χ4v) is 6.92. The van der Waals surface area contributed by atoms with Crippen LogP contribution in [0.3, 0.4) is 0 Å². The predicted molar refractivity (Wildman–Crippen MR) is 155 cm³/mol. The number of benzene rings is 3. The lowest BCUT2D eigenvalue weighted by molar-refractivity contribution is 0.0938. The highest BCUT2D eigenvalue weighted by atomic mass is 32.2. The zero-order valence-electron chi connectivity index (χ0n) is 22.9. The van der Waals surface area contributed by atoms with E-state index in [1.165, 1.54) is 22.6 Å². The number of ether oxygens (including phenoxy) is 2. The minimum absolute atomic E-state index is 0.0336. The zero-order valence-corrected chi connectivity index (χ0v) is 23.7. The number of hydrogen-bond donors (Lipinski definition) is 1. The number of sulfonamides is 1. The van der Waals surface area contributed by atoms with Crippen molar-refractivity contribution < 1.29 is 22.7 Å². The van der Waals surface area contributed by atoms with Crippen molar-refractivity contribution in [3.63, 3.8) is 0 Å². The van der Waals surface area contributed by atoms with E-state index in [4.69, 9.17) is 9.47 Å². The lowest BCUT2D eigenvalue weighted by Gasteiger charge is -2.28. The Hall–Kier alpha value is -4.15. The number of carbonyl (C=O) groups excluding carboxylic acids is 1. The first-order chi connectivity index (χ1) is 19.8. The molecule has 2 aliphatic rings. The first-order valence-electron chi connectivity index (χ1n) is 13.7. The van der Waals surface area contributed by atoms with Crippen LogP contribution in [0.1, 0.15) is 46.9 Å². The van der Waals surface area contributed by atoms with Gasteiger partial charge in [-0.25, -0.2) is 8.42 Å². The molecule has 0 saturated carbocycles. The van der Waals surface area contributed by atoms with Crippen LogP contribution in [0.5, 0.6) is 11.5 Å². The Kier molecular flexibility index (Phi) is 7.04. The molecule has 0 aliphatic carbocycles. The average molecular weight is 574 g/mol. The molecular weight excluding hydrogens is 542 g/mol. The number of rotatable bonds is 6. The number of nitrogens with one attached hydrogen (secondary N) is 1. The maximum atomic E-state index is 13.6. The van der Waals surface area contributed by atoms with Gasteiger partial charge in [-0.1, -0.05) is 30.3 Å². The predicted octanol–water partition coefficient (Wildman–Crippen LogP) is 4.03. The highest BCUT2D eigenvalue weighted by molar-refractivity contribution is 7.89. The van der Waals surface area contributed by atoms with E-state index in [1.54, 1.807) is 16.7 Å². The molecule has 1 amide bonds. The van der Waals surface area contributed by atoms with Crippen molar-refractivity contribution in [1.82, 2.24) is 14.2 Å². The van der Waals surface area contributed by atoms with Gasteiger partial charge in [-0.15, -0.1) is 0 Å². The quantitative estimate of drug-likeness (QED) is 0.373. The third-order valence-electron chi connectivity index (χ3n) is 7.78. The second-order valence-corrected chi connectivity index (χ2v) is 12.2. The van der Waals surface area contributed by atoms with E-state index in [-0.39, 0.29) is 22.4 Å². The van der Waals surface area contributed by atoms with Crippen molar-refractivity contribution in [1.29, 1.82) is 0 Å². The minimum Gasteiger partial charge on any atom is -0.486 e. The van der Waals surface area contributed by atoms with E-state index >= 15 is 0 Å². The molecule has 212 valence electrons. The minimum atomic E-state index is -3.87. The molecule has 41 heavy (non-hydrogen) atoms. The Bertz CT molecular complexity index is 1830. The van der Waals surface area contributed by atoms with Crippen LogP contribution in [0.4, 0.5) is 0 Å². The second kappa shape index (κ2) is 10.7. The molecule has 0 spiro atoms. The maximum absolute atomic E-state index is 13.6. The lowest BCUT2D eigenvalue weighted by atomic mass is 10.0. The molecule has 10 heteroatoms. The smallest absolute Gasteiger partial charge is 0.257 e. The SMILES string of the molecule is CCn1cc(C(=O)N[C@@H](C)c2ccc3c(c2)OCCO3)c(=O)c2cc(S(=O)(=O)N3CCc4ccccc4C3)ccc21.